The van der Waals surface area contributed by atoms with E-state index >= 15 is 0 Å². The number of aliphatic hydroxyl groups is 1. The Morgan fingerprint density at radius 2 is 1.66 bits per heavy atom. The highest BCUT2D eigenvalue weighted by molar-refractivity contribution is 6.05. The number of rotatable bonds is 8. The minimum Gasteiger partial charge on any atom is -0.363 e. The van der Waals surface area contributed by atoms with Gasteiger partial charge in [-0.05, 0) is 30.9 Å². The van der Waals surface area contributed by atoms with Crippen LogP contribution in [-0.4, -0.2) is 45.8 Å². The van der Waals surface area contributed by atoms with Gasteiger partial charge in [-0.15, -0.1) is 0 Å². The molecule has 9 heteroatoms. The summed E-state index contributed by atoms with van der Waals surface area (Å²) in [4.78, 5) is 43.2. The quantitative estimate of drug-likeness (QED) is 0.223. The first-order valence-electron chi connectivity index (χ1n) is 9.51. The molecule has 162 valence electrons. The van der Waals surface area contributed by atoms with E-state index in [9.17, 15) is 19.5 Å². The number of nitrogens with zero attached hydrogens (tertiary/aromatic N) is 2. The number of carbonyl (C=O) groups excluding carboxylic acids is 3. The smallest absolute Gasteiger partial charge is 0.280 e. The number of carbonyl (C=O) groups is 3. The molecule has 1 heterocycles. The molecule has 4 N–H and O–H groups in total. The maximum Gasteiger partial charge on any atom is 0.280 e. The Hall–Kier alpha value is -2.52. The Labute approximate surface area is 171 Å². The summed E-state index contributed by atoms with van der Waals surface area (Å²) >= 11 is 0. The molecular formula is C20H32N4O5. The van der Waals surface area contributed by atoms with Crippen molar-refractivity contribution in [1.29, 1.82) is 0 Å². The lowest BCUT2D eigenvalue weighted by Gasteiger charge is -2.41. The van der Waals surface area contributed by atoms with Crippen LogP contribution < -0.4 is 15.7 Å². The minimum atomic E-state index is -2.30. The van der Waals surface area contributed by atoms with Crippen molar-refractivity contribution < 1.29 is 24.7 Å². The van der Waals surface area contributed by atoms with Crippen LogP contribution >= 0.6 is 0 Å². The summed E-state index contributed by atoms with van der Waals surface area (Å²) in [5.41, 5.74) is -1.43. The van der Waals surface area contributed by atoms with Gasteiger partial charge in [0, 0.05) is 30.5 Å². The Kier molecular flexibility index (Phi) is 8.28. The van der Waals surface area contributed by atoms with Crippen LogP contribution in [-0.2, 0) is 14.4 Å². The molecule has 0 spiro atoms. The first-order valence-corrected chi connectivity index (χ1v) is 9.51. The molecule has 2 atom stereocenters. The zero-order chi connectivity index (χ0) is 22.4. The highest BCUT2D eigenvalue weighted by Gasteiger charge is 2.51. The van der Waals surface area contributed by atoms with Gasteiger partial charge in [-0.2, -0.15) is 0 Å². The van der Waals surface area contributed by atoms with Crippen molar-refractivity contribution in [3.8, 4) is 0 Å². The third-order valence-electron chi connectivity index (χ3n) is 4.83. The summed E-state index contributed by atoms with van der Waals surface area (Å²) in [6, 6.07) is 3.18. The first-order chi connectivity index (χ1) is 13.3. The predicted octanol–water partition coefficient (Wildman–Crippen LogP) is 1.45. The van der Waals surface area contributed by atoms with E-state index in [4.69, 9.17) is 5.21 Å². The van der Waals surface area contributed by atoms with E-state index in [1.807, 2.05) is 13.8 Å². The number of pyridine rings is 1. The topological polar surface area (TPSA) is 132 Å². The molecule has 3 amide bonds. The second-order valence-electron chi connectivity index (χ2n) is 8.52. The lowest BCUT2D eigenvalue weighted by atomic mass is 9.81. The molecule has 0 aromatic carbocycles. The summed E-state index contributed by atoms with van der Waals surface area (Å²) in [7, 11) is 1.47. The largest absolute Gasteiger partial charge is 0.363 e. The number of hydrogen-bond acceptors (Lipinski definition) is 6. The predicted molar refractivity (Wildman–Crippen MR) is 108 cm³/mol. The highest BCUT2D eigenvalue weighted by atomic mass is 16.5. The second-order valence-corrected chi connectivity index (χ2v) is 8.52. The Bertz CT molecular complexity index is 717. The van der Waals surface area contributed by atoms with Crippen molar-refractivity contribution in [3.05, 3.63) is 24.5 Å². The zero-order valence-corrected chi connectivity index (χ0v) is 17.9. The van der Waals surface area contributed by atoms with Crippen molar-refractivity contribution in [2.45, 2.75) is 53.2 Å². The molecule has 1 aromatic heterocycles. The van der Waals surface area contributed by atoms with Crippen molar-refractivity contribution in [2.75, 3.05) is 11.9 Å². The van der Waals surface area contributed by atoms with E-state index in [0.717, 1.165) is 0 Å². The second kappa shape index (κ2) is 9.80. The van der Waals surface area contributed by atoms with E-state index in [2.05, 4.69) is 10.3 Å². The molecule has 0 fully saturated rings. The molecule has 0 saturated carbocycles. The molecular weight excluding hydrogens is 376 g/mol. The number of amides is 3. The van der Waals surface area contributed by atoms with E-state index < -0.39 is 34.8 Å². The third kappa shape index (κ3) is 5.98. The van der Waals surface area contributed by atoms with Gasteiger partial charge in [-0.25, -0.2) is 5.48 Å². The lowest BCUT2D eigenvalue weighted by Crippen LogP contribution is -2.67. The number of likely N-dealkylation sites (N-methyl/N-ethyl adjacent to an activating group) is 1. The van der Waals surface area contributed by atoms with Gasteiger partial charge >= 0.3 is 0 Å². The molecule has 0 bridgehead atoms. The van der Waals surface area contributed by atoms with Crippen LogP contribution in [0.5, 0.6) is 0 Å². The molecule has 1 rings (SSSR count). The van der Waals surface area contributed by atoms with Crippen LogP contribution in [0.3, 0.4) is 0 Å². The van der Waals surface area contributed by atoms with Gasteiger partial charge in [-0.3, -0.25) is 24.6 Å². The fraction of sp³-hybridized carbons (Fsp3) is 0.600. The Morgan fingerprint density at radius 3 is 2.10 bits per heavy atom. The Balaban J connectivity index is 3.20. The number of nitrogens with one attached hydrogen (secondary N) is 2. The zero-order valence-electron chi connectivity index (χ0n) is 17.9. The van der Waals surface area contributed by atoms with Crippen molar-refractivity contribution >= 4 is 23.4 Å². The monoisotopic (exact) mass is 408 g/mol. The molecule has 0 aliphatic carbocycles. The van der Waals surface area contributed by atoms with E-state index in [1.165, 1.54) is 29.8 Å². The van der Waals surface area contributed by atoms with Crippen LogP contribution in [0.2, 0.25) is 0 Å². The van der Waals surface area contributed by atoms with Crippen LogP contribution in [0.4, 0.5) is 5.69 Å². The average molecular weight is 408 g/mol. The number of hydroxylamine groups is 1. The van der Waals surface area contributed by atoms with Crippen molar-refractivity contribution in [2.24, 2.45) is 17.3 Å². The normalized spacial score (nSPS) is 14.7. The highest BCUT2D eigenvalue weighted by Crippen LogP contribution is 2.31. The van der Waals surface area contributed by atoms with Crippen LogP contribution in [0.15, 0.2) is 24.5 Å². The van der Waals surface area contributed by atoms with Gasteiger partial charge in [0.15, 0.2) is 0 Å². The van der Waals surface area contributed by atoms with Gasteiger partial charge in [0.25, 0.3) is 11.8 Å². The maximum atomic E-state index is 13.2. The fourth-order valence-corrected chi connectivity index (χ4v) is 2.71. The summed E-state index contributed by atoms with van der Waals surface area (Å²) in [5.74, 6) is -3.54. The summed E-state index contributed by atoms with van der Waals surface area (Å²) < 4.78 is 0. The third-order valence-corrected chi connectivity index (χ3v) is 4.83. The summed E-state index contributed by atoms with van der Waals surface area (Å²) in [6.07, 6.45) is 3.71. The van der Waals surface area contributed by atoms with Crippen LogP contribution in [0, 0.1) is 17.3 Å². The van der Waals surface area contributed by atoms with Crippen LogP contribution in [0.1, 0.15) is 47.5 Å². The Morgan fingerprint density at radius 1 is 1.10 bits per heavy atom. The number of aromatic nitrogens is 1. The SMILES string of the molecule is CC(C)CC[C@H](C(=O)NO)C(=O)N[C@@](O)(C(=O)N(C)c1ccncc1)C(C)(C)C. The summed E-state index contributed by atoms with van der Waals surface area (Å²) in [6.45, 7) is 8.66. The molecule has 0 radical (unpaired) electrons. The molecule has 0 aliphatic rings. The van der Waals surface area contributed by atoms with E-state index in [1.54, 1.807) is 32.9 Å². The maximum absolute atomic E-state index is 13.2. The van der Waals surface area contributed by atoms with Crippen LogP contribution in [0.25, 0.3) is 0 Å². The molecule has 0 aliphatic heterocycles. The standard InChI is InChI=1S/C20H32N4O5/c1-13(2)7-8-15(17(26)23-29)16(25)22-20(28,19(3,4)5)18(27)24(6)14-9-11-21-12-10-14/h9-13,15,28-29H,7-8H2,1-6H3,(H,22,25)(H,23,26)/t15-,20+/m0/s1. The molecule has 29 heavy (non-hydrogen) atoms. The molecule has 1 aromatic rings. The van der Waals surface area contributed by atoms with Gasteiger partial charge in [0.1, 0.15) is 5.92 Å². The van der Waals surface area contributed by atoms with E-state index in [-0.39, 0.29) is 12.3 Å². The van der Waals surface area contributed by atoms with E-state index in [0.29, 0.717) is 12.1 Å². The van der Waals surface area contributed by atoms with Gasteiger partial charge < -0.3 is 15.3 Å². The molecule has 0 saturated heterocycles. The number of hydrogen-bond donors (Lipinski definition) is 4. The summed E-state index contributed by atoms with van der Waals surface area (Å²) in [5, 5.41) is 22.6. The minimum absolute atomic E-state index is 0.157. The van der Waals surface area contributed by atoms with Crippen molar-refractivity contribution in [1.82, 2.24) is 15.8 Å². The fourth-order valence-electron chi connectivity index (χ4n) is 2.71. The van der Waals surface area contributed by atoms with Gasteiger partial charge in [0.2, 0.25) is 11.6 Å². The first kappa shape index (κ1) is 24.5. The molecule has 9 nitrogen and oxygen atoms in total. The number of anilines is 1. The lowest BCUT2D eigenvalue weighted by molar-refractivity contribution is -0.164. The average Bonchev–Trinajstić information content (AvgIpc) is 2.66. The van der Waals surface area contributed by atoms with Crippen molar-refractivity contribution in [3.63, 3.8) is 0 Å². The van der Waals surface area contributed by atoms with Gasteiger partial charge in [0.05, 0.1) is 0 Å². The molecule has 0 unspecified atom stereocenters. The van der Waals surface area contributed by atoms with Gasteiger partial charge in [-0.1, -0.05) is 34.6 Å².